The highest BCUT2D eigenvalue weighted by molar-refractivity contribution is 8.03. The van der Waals surface area contributed by atoms with Crippen LogP contribution in [0.5, 0.6) is 5.75 Å². The molecule has 0 saturated heterocycles. The lowest BCUT2D eigenvalue weighted by molar-refractivity contribution is -0.268. The van der Waals surface area contributed by atoms with Crippen LogP contribution in [0.2, 0.25) is 0 Å². The van der Waals surface area contributed by atoms with Crippen molar-refractivity contribution in [3.63, 3.8) is 0 Å². The summed E-state index contributed by atoms with van der Waals surface area (Å²) in [5.74, 6) is -1.38. The average molecular weight is 312 g/mol. The van der Waals surface area contributed by atoms with E-state index in [1.54, 1.807) is 30.3 Å². The summed E-state index contributed by atoms with van der Waals surface area (Å²) >= 11 is 0.871. The van der Waals surface area contributed by atoms with Gasteiger partial charge in [-0.3, -0.25) is 0 Å². The third kappa shape index (κ3) is 2.96. The highest BCUT2D eigenvalue weighted by Crippen LogP contribution is 2.31. The second kappa shape index (κ2) is 5.95. The number of benzene rings is 2. The lowest BCUT2D eigenvalue weighted by Crippen LogP contribution is -1.98. The van der Waals surface area contributed by atoms with E-state index in [2.05, 4.69) is 4.98 Å². The largest absolute Gasteiger partial charge is 0.872 e. The zero-order valence-corrected chi connectivity index (χ0v) is 12.0. The lowest BCUT2D eigenvalue weighted by Gasteiger charge is -2.09. The monoisotopic (exact) mass is 312 g/mol. The molecule has 0 amide bonds. The summed E-state index contributed by atoms with van der Waals surface area (Å²) in [5.41, 5.74) is 1.54. The Morgan fingerprint density at radius 3 is 2.64 bits per heavy atom. The van der Waals surface area contributed by atoms with E-state index < -0.39 is 5.97 Å². The molecule has 0 spiro atoms. The molecule has 22 heavy (non-hydrogen) atoms. The number of rotatable bonds is 4. The molecule has 1 heterocycles. The molecule has 0 aliphatic heterocycles. The maximum absolute atomic E-state index is 11.7. The fourth-order valence-corrected chi connectivity index (χ4v) is 2.60. The van der Waals surface area contributed by atoms with Crippen LogP contribution in [0, 0.1) is 0 Å². The van der Waals surface area contributed by atoms with E-state index in [4.69, 9.17) is 4.42 Å². The van der Waals surface area contributed by atoms with Gasteiger partial charge in [0.2, 0.25) is 0 Å². The molecule has 5 nitrogen and oxygen atoms in total. The molecule has 0 atom stereocenters. The number of aliphatic carboxylic acids is 1. The Bertz CT molecular complexity index is 836. The molecule has 0 saturated carbocycles. The van der Waals surface area contributed by atoms with Crippen LogP contribution < -0.4 is 5.11 Å². The maximum Gasteiger partial charge on any atom is 0.342 e. The predicted octanol–water partition coefficient (Wildman–Crippen LogP) is 3.12. The van der Waals surface area contributed by atoms with Crippen molar-refractivity contribution in [1.29, 1.82) is 0 Å². The molecule has 0 aliphatic carbocycles. The van der Waals surface area contributed by atoms with E-state index in [9.17, 15) is 15.0 Å². The number of oxazole rings is 1. The Labute approximate surface area is 129 Å². The fourth-order valence-electron chi connectivity index (χ4n) is 1.86. The first kappa shape index (κ1) is 14.2. The van der Waals surface area contributed by atoms with Gasteiger partial charge < -0.3 is 14.6 Å². The second-order valence-corrected chi connectivity index (χ2v) is 5.39. The highest BCUT2D eigenvalue weighted by atomic mass is 32.2. The molecule has 1 N–H and O–H groups in total. The molecule has 3 rings (SSSR count). The second-order valence-electron chi connectivity index (χ2n) is 4.40. The third-order valence-electron chi connectivity index (χ3n) is 2.89. The number of hydrogen-bond donors (Lipinski definition) is 1. The number of hydrogen-bond acceptors (Lipinski definition) is 5. The van der Waals surface area contributed by atoms with Crippen molar-refractivity contribution in [2.24, 2.45) is 0 Å². The van der Waals surface area contributed by atoms with Crippen LogP contribution >= 0.6 is 11.8 Å². The standard InChI is InChI=1S/C16H11NO4S/c18-12-7-3-1-5-10(12)9-14(15(19)20)22-16-17-11-6-2-4-8-13(11)21-16/h1-9,18H,(H,19,20)/p-1/b14-9+. The SMILES string of the molecule is O=C(O)/C(=C\c1ccccc1[O-])Sc1nc2ccccc2o1. The molecule has 0 aliphatic rings. The van der Waals surface area contributed by atoms with Crippen LogP contribution in [0.15, 0.2) is 63.1 Å². The van der Waals surface area contributed by atoms with E-state index in [1.165, 1.54) is 12.1 Å². The van der Waals surface area contributed by atoms with Crippen LogP contribution in [0.4, 0.5) is 0 Å². The number of nitrogens with zero attached hydrogens (tertiary/aromatic N) is 1. The van der Waals surface area contributed by atoms with E-state index >= 15 is 0 Å². The van der Waals surface area contributed by atoms with Crippen molar-refractivity contribution in [2.45, 2.75) is 5.22 Å². The Morgan fingerprint density at radius 2 is 1.91 bits per heavy atom. The number of carboxylic acid groups (broad SMARTS) is 1. The Morgan fingerprint density at radius 1 is 1.18 bits per heavy atom. The minimum atomic E-state index is -1.14. The van der Waals surface area contributed by atoms with Gasteiger partial charge in [-0.1, -0.05) is 36.4 Å². The first-order chi connectivity index (χ1) is 10.6. The number of thioether (sulfide) groups is 1. The molecular formula is C16H10NO4S-. The van der Waals surface area contributed by atoms with Gasteiger partial charge in [0, 0.05) is 0 Å². The van der Waals surface area contributed by atoms with Crippen molar-refractivity contribution in [3.8, 4) is 5.75 Å². The zero-order chi connectivity index (χ0) is 15.5. The van der Waals surface area contributed by atoms with Gasteiger partial charge >= 0.3 is 5.97 Å². The molecular weight excluding hydrogens is 302 g/mol. The van der Waals surface area contributed by atoms with Gasteiger partial charge in [0.15, 0.2) is 5.58 Å². The third-order valence-corrected chi connectivity index (χ3v) is 3.75. The van der Waals surface area contributed by atoms with Gasteiger partial charge in [0.05, 0.1) is 0 Å². The number of para-hydroxylation sites is 3. The van der Waals surface area contributed by atoms with E-state index in [0.717, 1.165) is 11.8 Å². The van der Waals surface area contributed by atoms with Crippen LogP contribution in [0.25, 0.3) is 17.2 Å². The van der Waals surface area contributed by atoms with E-state index in [0.29, 0.717) is 16.7 Å². The Kier molecular flexibility index (Phi) is 3.84. The summed E-state index contributed by atoms with van der Waals surface area (Å²) in [6.45, 7) is 0. The number of fused-ring (bicyclic) bond motifs is 1. The van der Waals surface area contributed by atoms with Crippen LogP contribution in [0.1, 0.15) is 5.56 Å². The number of aromatic nitrogens is 1. The van der Waals surface area contributed by atoms with Crippen molar-refractivity contribution in [1.82, 2.24) is 4.98 Å². The van der Waals surface area contributed by atoms with Gasteiger partial charge in [-0.05, 0) is 35.5 Å². The smallest absolute Gasteiger partial charge is 0.342 e. The summed E-state index contributed by atoms with van der Waals surface area (Å²) in [4.78, 5) is 15.6. The van der Waals surface area contributed by atoms with Gasteiger partial charge in [0.1, 0.15) is 10.4 Å². The van der Waals surface area contributed by atoms with Gasteiger partial charge in [-0.25, -0.2) is 9.78 Å². The molecule has 0 unspecified atom stereocenters. The summed E-state index contributed by atoms with van der Waals surface area (Å²) in [7, 11) is 0. The first-order valence-electron chi connectivity index (χ1n) is 6.38. The average Bonchev–Trinajstić information content (AvgIpc) is 2.91. The molecule has 1 aromatic heterocycles. The summed E-state index contributed by atoms with van der Waals surface area (Å²) in [6.07, 6.45) is 1.32. The maximum atomic E-state index is 11.7. The van der Waals surface area contributed by atoms with Gasteiger partial charge in [-0.2, -0.15) is 0 Å². The summed E-state index contributed by atoms with van der Waals surface area (Å²) < 4.78 is 5.49. The van der Waals surface area contributed by atoms with Crippen LogP contribution in [0.3, 0.4) is 0 Å². The molecule has 2 aromatic carbocycles. The van der Waals surface area contributed by atoms with Crippen molar-refractivity contribution >= 4 is 34.9 Å². The molecule has 110 valence electrons. The molecule has 0 radical (unpaired) electrons. The Balaban J connectivity index is 1.95. The molecule has 6 heteroatoms. The van der Waals surface area contributed by atoms with Crippen molar-refractivity contribution < 1.29 is 19.4 Å². The van der Waals surface area contributed by atoms with Crippen LogP contribution in [-0.4, -0.2) is 16.1 Å². The minimum Gasteiger partial charge on any atom is -0.872 e. The van der Waals surface area contributed by atoms with Gasteiger partial charge in [-0.15, -0.1) is 5.75 Å². The van der Waals surface area contributed by atoms with Gasteiger partial charge in [0.25, 0.3) is 5.22 Å². The van der Waals surface area contributed by atoms with E-state index in [-0.39, 0.29) is 15.9 Å². The summed E-state index contributed by atoms with van der Waals surface area (Å²) in [5, 5.41) is 21.2. The first-order valence-corrected chi connectivity index (χ1v) is 7.19. The minimum absolute atomic E-state index is 0.0325. The van der Waals surface area contributed by atoms with Crippen molar-refractivity contribution in [3.05, 3.63) is 59.0 Å². The zero-order valence-electron chi connectivity index (χ0n) is 11.2. The Hall–Kier alpha value is -2.73. The lowest BCUT2D eigenvalue weighted by atomic mass is 10.2. The van der Waals surface area contributed by atoms with E-state index in [1.807, 2.05) is 12.1 Å². The quantitative estimate of drug-likeness (QED) is 0.588. The van der Waals surface area contributed by atoms with Crippen molar-refractivity contribution in [2.75, 3.05) is 0 Å². The number of carbonyl (C=O) groups is 1. The topological polar surface area (TPSA) is 86.4 Å². The summed E-state index contributed by atoms with van der Waals surface area (Å²) in [6, 6.07) is 13.4. The highest BCUT2D eigenvalue weighted by Gasteiger charge is 2.14. The van der Waals surface area contributed by atoms with Crippen LogP contribution in [-0.2, 0) is 4.79 Å². The molecule has 0 fully saturated rings. The molecule has 0 bridgehead atoms. The molecule has 3 aromatic rings. The number of carboxylic acids is 1. The normalized spacial score (nSPS) is 11.7. The predicted molar refractivity (Wildman–Crippen MR) is 81.4 cm³/mol. The fraction of sp³-hybridized carbons (Fsp3) is 0.